The van der Waals surface area contributed by atoms with Crippen molar-refractivity contribution >= 4 is 34.4 Å². The van der Waals surface area contributed by atoms with Crippen LogP contribution >= 0.6 is 12.2 Å². The normalized spacial score (nSPS) is 10.0. The fraction of sp³-hybridized carbons (Fsp3) is 0.222. The summed E-state index contributed by atoms with van der Waals surface area (Å²) in [6.45, 7) is 1.88. The third-order valence-corrected chi connectivity index (χ3v) is 1.99. The van der Waals surface area contributed by atoms with Gasteiger partial charge in [-0.25, -0.2) is 9.97 Å². The van der Waals surface area contributed by atoms with Gasteiger partial charge in [-0.15, -0.1) is 0 Å². The average molecular weight is 220 g/mol. The molecule has 0 spiro atoms. The van der Waals surface area contributed by atoms with E-state index in [1.807, 2.05) is 13.0 Å². The van der Waals surface area contributed by atoms with Gasteiger partial charge in [0.15, 0.2) is 5.52 Å². The number of H-pyrrole nitrogens is 1. The maximum atomic E-state index is 5.12. The van der Waals surface area contributed by atoms with Gasteiger partial charge in [0, 0.05) is 5.69 Å². The first-order valence-corrected chi connectivity index (χ1v) is 4.64. The summed E-state index contributed by atoms with van der Waals surface area (Å²) in [6, 6.07) is 1.87. The van der Waals surface area contributed by atoms with Crippen LogP contribution in [0.5, 0.6) is 5.88 Å². The van der Waals surface area contributed by atoms with Gasteiger partial charge in [-0.1, -0.05) is 0 Å². The second-order valence-electron chi connectivity index (χ2n) is 2.93. The van der Waals surface area contributed by atoms with Crippen LogP contribution in [0.25, 0.3) is 11.0 Å². The van der Waals surface area contributed by atoms with Gasteiger partial charge in [-0.2, -0.15) is 4.99 Å². The predicted octanol–water partition coefficient (Wildman–Crippen LogP) is 2.01. The summed E-state index contributed by atoms with van der Waals surface area (Å²) < 4.78 is 5.12. The Balaban J connectivity index is 2.73. The lowest BCUT2D eigenvalue weighted by atomic mass is 10.3. The van der Waals surface area contributed by atoms with E-state index in [4.69, 9.17) is 4.74 Å². The Bertz CT molecular complexity index is 556. The number of ether oxygens (including phenoxy) is 1. The first-order valence-electron chi connectivity index (χ1n) is 4.24. The molecular weight excluding hydrogens is 212 g/mol. The number of hydrogen-bond donors (Lipinski definition) is 1. The molecule has 2 rings (SSSR count). The van der Waals surface area contributed by atoms with Crippen LogP contribution in [0.15, 0.2) is 11.1 Å². The minimum atomic E-state index is 0.408. The third-order valence-electron chi connectivity index (χ3n) is 1.90. The highest BCUT2D eigenvalue weighted by atomic mass is 32.1. The number of aromatic nitrogens is 3. The Morgan fingerprint density at radius 2 is 2.33 bits per heavy atom. The summed E-state index contributed by atoms with van der Waals surface area (Å²) in [7, 11) is 1.55. The van der Waals surface area contributed by atoms with Gasteiger partial charge in [0.05, 0.1) is 17.8 Å². The molecule has 76 valence electrons. The highest BCUT2D eigenvalue weighted by Gasteiger charge is 2.09. The molecule has 0 aliphatic rings. The molecule has 0 aliphatic carbocycles. The molecule has 2 heterocycles. The lowest BCUT2D eigenvalue weighted by Gasteiger charge is -1.99. The number of nitrogens with one attached hydrogen (secondary N) is 1. The molecule has 6 heteroatoms. The van der Waals surface area contributed by atoms with Crippen LogP contribution in [0.1, 0.15) is 5.69 Å². The predicted molar refractivity (Wildman–Crippen MR) is 59.9 cm³/mol. The van der Waals surface area contributed by atoms with Gasteiger partial charge in [0.2, 0.25) is 11.8 Å². The molecule has 15 heavy (non-hydrogen) atoms. The zero-order chi connectivity index (χ0) is 10.8. The Kier molecular flexibility index (Phi) is 2.45. The number of hydrogen-bond acceptors (Lipinski definition) is 5. The van der Waals surface area contributed by atoms with Gasteiger partial charge in [-0.05, 0) is 25.2 Å². The number of fused-ring (bicyclic) bond motifs is 1. The van der Waals surface area contributed by atoms with Gasteiger partial charge in [-0.3, -0.25) is 0 Å². The quantitative estimate of drug-likeness (QED) is 0.621. The van der Waals surface area contributed by atoms with Gasteiger partial charge in [0.25, 0.3) is 0 Å². The zero-order valence-corrected chi connectivity index (χ0v) is 9.05. The monoisotopic (exact) mass is 220 g/mol. The molecule has 0 saturated carbocycles. The number of methoxy groups -OCH3 is 1. The first-order chi connectivity index (χ1) is 7.24. The van der Waals surface area contributed by atoms with Crippen molar-refractivity contribution in [3.05, 3.63) is 11.8 Å². The number of nitrogens with zero attached hydrogens (tertiary/aromatic N) is 3. The number of aliphatic imine (C=N–C) groups is 1. The Labute approximate surface area is 91.2 Å². The van der Waals surface area contributed by atoms with Crippen molar-refractivity contribution in [2.45, 2.75) is 6.92 Å². The van der Waals surface area contributed by atoms with E-state index in [1.54, 1.807) is 7.11 Å². The van der Waals surface area contributed by atoms with E-state index < -0.39 is 0 Å². The summed E-state index contributed by atoms with van der Waals surface area (Å²) in [5, 5.41) is 2.25. The van der Waals surface area contributed by atoms with Crippen molar-refractivity contribution < 1.29 is 4.74 Å². The molecule has 0 atom stereocenters. The van der Waals surface area contributed by atoms with Crippen LogP contribution < -0.4 is 4.74 Å². The second kappa shape index (κ2) is 3.76. The van der Waals surface area contributed by atoms with Crippen molar-refractivity contribution in [2.24, 2.45) is 4.99 Å². The van der Waals surface area contributed by atoms with Gasteiger partial charge < -0.3 is 9.72 Å². The number of imidazole rings is 1. The number of pyridine rings is 1. The van der Waals surface area contributed by atoms with Crippen LogP contribution in [0, 0.1) is 6.92 Å². The standard InChI is InChI=1S/C9H8N4OS/c1-5-3-6-7(8(11-5)14-2)13-9(12-6)10-4-15/h3H,1-2H3,(H,12,13). The molecule has 0 amide bonds. The molecule has 0 radical (unpaired) electrons. The van der Waals surface area contributed by atoms with E-state index in [-0.39, 0.29) is 0 Å². The average Bonchev–Trinajstić information content (AvgIpc) is 2.59. The summed E-state index contributed by atoms with van der Waals surface area (Å²) in [4.78, 5) is 15.1. The van der Waals surface area contributed by atoms with Crippen molar-refractivity contribution in [2.75, 3.05) is 7.11 Å². The smallest absolute Gasteiger partial charge is 0.242 e. The van der Waals surface area contributed by atoms with Crippen LogP contribution in [0.4, 0.5) is 5.95 Å². The SMILES string of the molecule is COc1nc(C)cc2[nH]c(N=C=S)nc12. The summed E-state index contributed by atoms with van der Waals surface area (Å²) in [6.07, 6.45) is 0. The molecular formula is C9H8N4OS. The summed E-state index contributed by atoms with van der Waals surface area (Å²) >= 11 is 4.50. The van der Waals surface area contributed by atoms with Crippen molar-refractivity contribution in [3.63, 3.8) is 0 Å². The van der Waals surface area contributed by atoms with Crippen molar-refractivity contribution in [1.82, 2.24) is 15.0 Å². The van der Waals surface area contributed by atoms with Crippen molar-refractivity contribution in [3.8, 4) is 5.88 Å². The van der Waals surface area contributed by atoms with E-state index >= 15 is 0 Å². The molecule has 0 aromatic carbocycles. The van der Waals surface area contributed by atoms with Crippen LogP contribution in [-0.2, 0) is 0 Å². The lowest BCUT2D eigenvalue weighted by molar-refractivity contribution is 0.401. The molecule has 0 unspecified atom stereocenters. The van der Waals surface area contributed by atoms with Crippen LogP contribution in [-0.4, -0.2) is 27.2 Å². The molecule has 0 saturated heterocycles. The Morgan fingerprint density at radius 3 is 3.00 bits per heavy atom. The lowest BCUT2D eigenvalue weighted by Crippen LogP contribution is -1.90. The number of aryl methyl sites for hydroxylation is 1. The molecule has 0 aliphatic heterocycles. The second-order valence-corrected chi connectivity index (χ2v) is 3.12. The fourth-order valence-corrected chi connectivity index (χ4v) is 1.42. The van der Waals surface area contributed by atoms with Crippen LogP contribution in [0.3, 0.4) is 0 Å². The fourth-order valence-electron chi connectivity index (χ4n) is 1.33. The Morgan fingerprint density at radius 1 is 1.53 bits per heavy atom. The zero-order valence-electron chi connectivity index (χ0n) is 8.24. The van der Waals surface area contributed by atoms with E-state index in [0.29, 0.717) is 17.3 Å². The van der Waals surface area contributed by atoms with E-state index in [9.17, 15) is 0 Å². The third kappa shape index (κ3) is 1.72. The molecule has 0 bridgehead atoms. The largest absolute Gasteiger partial charge is 0.479 e. The molecule has 1 N–H and O–H groups in total. The topological polar surface area (TPSA) is 63.2 Å². The maximum absolute atomic E-state index is 5.12. The van der Waals surface area contributed by atoms with Crippen molar-refractivity contribution in [1.29, 1.82) is 0 Å². The van der Waals surface area contributed by atoms with E-state index in [1.165, 1.54) is 0 Å². The molecule has 5 nitrogen and oxygen atoms in total. The minimum Gasteiger partial charge on any atom is -0.479 e. The number of thiocarbonyl (C=S) groups is 1. The number of rotatable bonds is 2. The number of aromatic amines is 1. The molecule has 2 aromatic heterocycles. The highest BCUT2D eigenvalue weighted by molar-refractivity contribution is 7.78. The Hall–Kier alpha value is -1.78. The number of isothiocyanates is 1. The van der Waals surface area contributed by atoms with Gasteiger partial charge >= 0.3 is 0 Å². The minimum absolute atomic E-state index is 0.408. The summed E-state index contributed by atoms with van der Waals surface area (Å²) in [5.74, 6) is 0.887. The molecule has 0 fully saturated rings. The highest BCUT2D eigenvalue weighted by Crippen LogP contribution is 2.24. The molecule has 2 aromatic rings. The van der Waals surface area contributed by atoms with E-state index in [0.717, 1.165) is 11.2 Å². The van der Waals surface area contributed by atoms with Crippen LogP contribution in [0.2, 0.25) is 0 Å². The van der Waals surface area contributed by atoms with Gasteiger partial charge in [0.1, 0.15) is 0 Å². The maximum Gasteiger partial charge on any atom is 0.242 e. The first kappa shape index (κ1) is 9.76. The van der Waals surface area contributed by atoms with E-state index in [2.05, 4.69) is 37.3 Å². The summed E-state index contributed by atoms with van der Waals surface area (Å²) in [5.41, 5.74) is 2.32.